The summed E-state index contributed by atoms with van der Waals surface area (Å²) >= 11 is 0. The average Bonchev–Trinajstić information content (AvgIpc) is 2.81. The topological polar surface area (TPSA) is 84.7 Å². The molecule has 0 saturated carbocycles. The van der Waals surface area contributed by atoms with Crippen LogP contribution in [0.3, 0.4) is 0 Å². The zero-order valence-corrected chi connectivity index (χ0v) is 9.72. The van der Waals surface area contributed by atoms with E-state index >= 15 is 0 Å². The predicted octanol–water partition coefficient (Wildman–Crippen LogP) is 1.86. The van der Waals surface area contributed by atoms with E-state index in [0.29, 0.717) is 22.5 Å². The van der Waals surface area contributed by atoms with Gasteiger partial charge in [-0.05, 0) is 6.07 Å². The molecule has 2 heterocycles. The van der Waals surface area contributed by atoms with Crippen molar-refractivity contribution >= 4 is 16.9 Å². The van der Waals surface area contributed by atoms with Gasteiger partial charge in [0.15, 0.2) is 5.82 Å². The molecule has 0 radical (unpaired) electrons. The van der Waals surface area contributed by atoms with E-state index in [1.165, 1.54) is 12.5 Å². The van der Waals surface area contributed by atoms with Gasteiger partial charge in [-0.25, -0.2) is 14.4 Å². The Kier molecular flexibility index (Phi) is 2.49. The van der Waals surface area contributed by atoms with Crippen molar-refractivity contribution in [2.45, 2.75) is 0 Å². The number of amides is 1. The number of nitrogens with two attached hydrogens (primary N) is 1. The molecule has 1 aromatic carbocycles. The van der Waals surface area contributed by atoms with Crippen molar-refractivity contribution in [3.05, 3.63) is 48.2 Å². The molecule has 0 unspecified atom stereocenters. The van der Waals surface area contributed by atoms with E-state index in [9.17, 15) is 9.18 Å². The fourth-order valence-electron chi connectivity index (χ4n) is 2.03. The Labute approximate surface area is 107 Å². The predicted molar refractivity (Wildman–Crippen MR) is 67.8 cm³/mol. The fourth-order valence-corrected chi connectivity index (χ4v) is 2.03. The molecule has 6 heteroatoms. The van der Waals surface area contributed by atoms with E-state index in [1.807, 2.05) is 0 Å². The highest BCUT2D eigenvalue weighted by atomic mass is 19.1. The summed E-state index contributed by atoms with van der Waals surface area (Å²) in [5, 5.41) is 0.246. The van der Waals surface area contributed by atoms with Gasteiger partial charge in [0.1, 0.15) is 12.0 Å². The lowest BCUT2D eigenvalue weighted by Crippen LogP contribution is -2.12. The van der Waals surface area contributed by atoms with Gasteiger partial charge in [-0.1, -0.05) is 18.2 Å². The minimum absolute atomic E-state index is 0.246. The molecule has 3 aromatic rings. The second kappa shape index (κ2) is 4.16. The highest BCUT2D eigenvalue weighted by molar-refractivity contribution is 6.03. The van der Waals surface area contributed by atoms with E-state index in [0.717, 1.165) is 0 Å². The summed E-state index contributed by atoms with van der Waals surface area (Å²) in [6, 6.07) is 6.68. The van der Waals surface area contributed by atoms with Crippen molar-refractivity contribution in [1.29, 1.82) is 0 Å². The first kappa shape index (κ1) is 11.3. The van der Waals surface area contributed by atoms with Gasteiger partial charge in [-0.2, -0.15) is 0 Å². The van der Waals surface area contributed by atoms with Gasteiger partial charge < -0.3 is 10.7 Å². The summed E-state index contributed by atoms with van der Waals surface area (Å²) in [6.45, 7) is 0. The number of carbonyl (C=O) groups is 1. The van der Waals surface area contributed by atoms with Gasteiger partial charge in [0.2, 0.25) is 5.91 Å². The van der Waals surface area contributed by atoms with E-state index in [-0.39, 0.29) is 5.39 Å². The zero-order valence-electron chi connectivity index (χ0n) is 9.72. The van der Waals surface area contributed by atoms with E-state index < -0.39 is 11.7 Å². The third kappa shape index (κ3) is 1.74. The standard InChI is InChI=1S/C13H9FN4O/c14-9-5-16-13-10(9)11(17-6-18-13)7-3-1-2-4-8(7)12(15)19/h1-6H,(H2,15,19)(H,16,17,18). The second-order valence-corrected chi connectivity index (χ2v) is 3.99. The molecule has 5 nitrogen and oxygen atoms in total. The van der Waals surface area contributed by atoms with Gasteiger partial charge in [-0.3, -0.25) is 4.79 Å². The zero-order chi connectivity index (χ0) is 13.4. The third-order valence-electron chi connectivity index (χ3n) is 2.87. The van der Waals surface area contributed by atoms with Crippen molar-refractivity contribution in [3.8, 4) is 11.3 Å². The van der Waals surface area contributed by atoms with E-state index in [4.69, 9.17) is 5.73 Å². The third-order valence-corrected chi connectivity index (χ3v) is 2.87. The molecule has 1 amide bonds. The molecule has 0 atom stereocenters. The molecule has 0 saturated heterocycles. The van der Waals surface area contributed by atoms with Crippen LogP contribution in [0.2, 0.25) is 0 Å². The maximum Gasteiger partial charge on any atom is 0.249 e. The quantitative estimate of drug-likeness (QED) is 0.734. The van der Waals surface area contributed by atoms with Crippen LogP contribution < -0.4 is 5.73 Å². The van der Waals surface area contributed by atoms with Crippen LogP contribution in [0, 0.1) is 5.82 Å². The van der Waals surface area contributed by atoms with Crippen LogP contribution in [0.25, 0.3) is 22.3 Å². The van der Waals surface area contributed by atoms with Crippen LogP contribution in [0.4, 0.5) is 4.39 Å². The summed E-state index contributed by atoms with van der Waals surface area (Å²) in [5.74, 6) is -1.05. The summed E-state index contributed by atoms with van der Waals surface area (Å²) < 4.78 is 13.8. The number of nitrogens with zero attached hydrogens (tertiary/aromatic N) is 2. The molecule has 0 spiro atoms. The Balaban J connectivity index is 2.37. The van der Waals surface area contributed by atoms with Gasteiger partial charge >= 0.3 is 0 Å². The normalized spacial score (nSPS) is 10.8. The number of benzene rings is 1. The number of rotatable bonds is 2. The van der Waals surface area contributed by atoms with Crippen molar-refractivity contribution in [3.63, 3.8) is 0 Å². The van der Waals surface area contributed by atoms with Crippen molar-refractivity contribution < 1.29 is 9.18 Å². The first-order valence-corrected chi connectivity index (χ1v) is 5.55. The molecule has 2 aromatic heterocycles. The molecule has 3 rings (SSSR count). The molecular formula is C13H9FN4O. The number of H-pyrrole nitrogens is 1. The Morgan fingerprint density at radius 3 is 2.84 bits per heavy atom. The van der Waals surface area contributed by atoms with Crippen molar-refractivity contribution in [1.82, 2.24) is 15.0 Å². The highest BCUT2D eigenvalue weighted by Gasteiger charge is 2.16. The lowest BCUT2D eigenvalue weighted by atomic mass is 10.0. The first-order valence-electron chi connectivity index (χ1n) is 5.55. The molecule has 0 bridgehead atoms. The Morgan fingerprint density at radius 2 is 2.05 bits per heavy atom. The minimum Gasteiger partial charge on any atom is -0.366 e. The number of aromatic nitrogens is 3. The summed E-state index contributed by atoms with van der Waals surface area (Å²) in [4.78, 5) is 22.2. The summed E-state index contributed by atoms with van der Waals surface area (Å²) in [5.41, 5.74) is 6.83. The number of nitrogens with one attached hydrogen (secondary N) is 1. The maximum absolute atomic E-state index is 13.8. The van der Waals surface area contributed by atoms with Gasteiger partial charge in [0, 0.05) is 17.3 Å². The monoisotopic (exact) mass is 256 g/mol. The summed E-state index contributed by atoms with van der Waals surface area (Å²) in [7, 11) is 0. The van der Waals surface area contributed by atoms with Crippen molar-refractivity contribution in [2.24, 2.45) is 5.73 Å². The van der Waals surface area contributed by atoms with Crippen LogP contribution in [0.5, 0.6) is 0 Å². The van der Waals surface area contributed by atoms with Crippen LogP contribution in [-0.2, 0) is 0 Å². The molecule has 19 heavy (non-hydrogen) atoms. The number of carbonyl (C=O) groups excluding carboxylic acids is 1. The van der Waals surface area contributed by atoms with E-state index in [2.05, 4.69) is 15.0 Å². The molecular weight excluding hydrogens is 247 g/mol. The number of aromatic amines is 1. The SMILES string of the molecule is NC(=O)c1ccccc1-c1ncnc2[nH]cc(F)c12. The van der Waals surface area contributed by atoms with E-state index in [1.54, 1.807) is 24.3 Å². The molecule has 3 N–H and O–H groups in total. The maximum atomic E-state index is 13.8. The Morgan fingerprint density at radius 1 is 1.26 bits per heavy atom. The highest BCUT2D eigenvalue weighted by Crippen LogP contribution is 2.29. The number of fused-ring (bicyclic) bond motifs is 1. The lowest BCUT2D eigenvalue weighted by Gasteiger charge is -2.06. The smallest absolute Gasteiger partial charge is 0.249 e. The second-order valence-electron chi connectivity index (χ2n) is 3.99. The Hall–Kier alpha value is -2.76. The molecule has 0 aliphatic rings. The summed E-state index contributed by atoms with van der Waals surface area (Å²) in [6.07, 6.45) is 2.51. The molecule has 0 fully saturated rings. The number of primary amides is 1. The molecule has 0 aliphatic heterocycles. The number of hydrogen-bond donors (Lipinski definition) is 2. The number of halogens is 1. The molecule has 0 aliphatic carbocycles. The Bertz CT molecular complexity index is 781. The number of hydrogen-bond acceptors (Lipinski definition) is 3. The van der Waals surface area contributed by atoms with Crippen molar-refractivity contribution in [2.75, 3.05) is 0 Å². The van der Waals surface area contributed by atoms with Gasteiger partial charge in [0.25, 0.3) is 0 Å². The largest absolute Gasteiger partial charge is 0.366 e. The van der Waals surface area contributed by atoms with Crippen LogP contribution >= 0.6 is 0 Å². The molecule has 94 valence electrons. The average molecular weight is 256 g/mol. The van der Waals surface area contributed by atoms with Crippen LogP contribution in [0.15, 0.2) is 36.8 Å². The fraction of sp³-hybridized carbons (Fsp3) is 0. The minimum atomic E-state index is -0.585. The van der Waals surface area contributed by atoms with Crippen LogP contribution in [-0.4, -0.2) is 20.9 Å². The van der Waals surface area contributed by atoms with Crippen LogP contribution in [0.1, 0.15) is 10.4 Å². The first-order chi connectivity index (χ1) is 9.18. The lowest BCUT2D eigenvalue weighted by molar-refractivity contribution is 0.100. The van der Waals surface area contributed by atoms with Gasteiger partial charge in [0.05, 0.1) is 11.1 Å². The van der Waals surface area contributed by atoms with Gasteiger partial charge in [-0.15, -0.1) is 0 Å².